The number of benzene rings is 1. The number of carboxylic acid groups (broad SMARTS) is 1. The maximum atomic E-state index is 14.7. The zero-order valence-corrected chi connectivity index (χ0v) is 21.0. The molecule has 0 amide bonds. The van der Waals surface area contributed by atoms with Crippen LogP contribution in [-0.4, -0.2) is 36.7 Å². The van der Waals surface area contributed by atoms with Gasteiger partial charge in [0.25, 0.3) is 5.56 Å². The summed E-state index contributed by atoms with van der Waals surface area (Å²) >= 11 is 5.86. The average Bonchev–Trinajstić information content (AvgIpc) is 2.84. The molecule has 37 heavy (non-hydrogen) atoms. The molecular weight excluding hydrogens is 501 g/mol. The summed E-state index contributed by atoms with van der Waals surface area (Å²) in [5.41, 5.74) is 1.73. The monoisotopic (exact) mass is 523 g/mol. The fourth-order valence-electron chi connectivity index (χ4n) is 4.49. The van der Waals surface area contributed by atoms with Crippen LogP contribution in [0.15, 0.2) is 41.2 Å². The Morgan fingerprint density at radius 3 is 2.68 bits per heavy atom. The highest BCUT2D eigenvalue weighted by Gasteiger charge is 2.25. The molecule has 3 aromatic heterocycles. The summed E-state index contributed by atoms with van der Waals surface area (Å²) in [4.78, 5) is 38.4. The Balaban J connectivity index is 1.63. The normalized spacial score (nSPS) is 13.2. The third kappa shape index (κ3) is 4.60. The summed E-state index contributed by atoms with van der Waals surface area (Å²) in [6.45, 7) is 5.90. The van der Waals surface area contributed by atoms with Crippen molar-refractivity contribution in [3.05, 3.63) is 74.7 Å². The minimum atomic E-state index is -1.27. The first-order valence-electron chi connectivity index (χ1n) is 11.7. The molecule has 4 heterocycles. The number of fused-ring (bicyclic) bond motifs is 4. The molecule has 1 aliphatic rings. The summed E-state index contributed by atoms with van der Waals surface area (Å²) in [6, 6.07) is 8.34. The molecule has 2 N–H and O–H groups in total. The van der Waals surface area contributed by atoms with Crippen LogP contribution >= 0.6 is 11.6 Å². The lowest BCUT2D eigenvalue weighted by molar-refractivity contribution is 0.0691. The van der Waals surface area contributed by atoms with Gasteiger partial charge in [0.15, 0.2) is 5.69 Å². The van der Waals surface area contributed by atoms with E-state index in [1.165, 1.54) is 28.8 Å². The molecule has 0 saturated carbocycles. The first-order valence-corrected chi connectivity index (χ1v) is 12.1. The molecular formula is C26H23ClFN5O4. The molecule has 0 radical (unpaired) electrons. The molecule has 11 heteroatoms. The molecule has 0 unspecified atom stereocenters. The number of carbonyl (C=O) groups is 1. The number of aromatic carboxylic acids is 1. The van der Waals surface area contributed by atoms with Gasteiger partial charge in [-0.2, -0.15) is 0 Å². The fraction of sp³-hybridized carbons (Fsp3) is 0.269. The minimum absolute atomic E-state index is 0.0300. The molecule has 4 aromatic rings. The van der Waals surface area contributed by atoms with Gasteiger partial charge in [0.05, 0.1) is 34.4 Å². The Bertz CT molecular complexity index is 1620. The molecule has 0 fully saturated rings. The number of rotatable bonds is 6. The quantitative estimate of drug-likeness (QED) is 0.344. The van der Waals surface area contributed by atoms with Crippen molar-refractivity contribution in [2.24, 2.45) is 0 Å². The number of carboxylic acids is 1. The third-order valence-electron chi connectivity index (χ3n) is 6.07. The average molecular weight is 524 g/mol. The van der Waals surface area contributed by atoms with Gasteiger partial charge in [0.2, 0.25) is 5.88 Å². The zero-order chi connectivity index (χ0) is 26.4. The van der Waals surface area contributed by atoms with Crippen molar-refractivity contribution in [1.29, 1.82) is 0 Å². The van der Waals surface area contributed by atoms with Gasteiger partial charge < -0.3 is 15.2 Å². The van der Waals surface area contributed by atoms with Crippen LogP contribution in [0.4, 0.5) is 10.1 Å². The summed E-state index contributed by atoms with van der Waals surface area (Å²) in [5, 5.41) is 12.7. The summed E-state index contributed by atoms with van der Waals surface area (Å²) in [7, 11) is 0. The molecule has 0 saturated heterocycles. The number of hydrogen-bond donors (Lipinski definition) is 2. The van der Waals surface area contributed by atoms with Crippen LogP contribution in [0.1, 0.15) is 48.6 Å². The van der Waals surface area contributed by atoms with E-state index in [1.807, 2.05) is 19.9 Å². The van der Waals surface area contributed by atoms with Crippen molar-refractivity contribution in [1.82, 2.24) is 19.5 Å². The van der Waals surface area contributed by atoms with Gasteiger partial charge in [-0.1, -0.05) is 11.6 Å². The van der Waals surface area contributed by atoms with Gasteiger partial charge in [-0.15, -0.1) is 0 Å². The van der Waals surface area contributed by atoms with E-state index in [1.54, 1.807) is 13.0 Å². The van der Waals surface area contributed by atoms with E-state index in [0.717, 1.165) is 5.69 Å². The molecule has 1 atom stereocenters. The van der Waals surface area contributed by atoms with Crippen molar-refractivity contribution >= 4 is 34.2 Å². The van der Waals surface area contributed by atoms with Crippen molar-refractivity contribution < 1.29 is 19.0 Å². The molecule has 1 aromatic carbocycles. The Labute approximate surface area is 215 Å². The van der Waals surface area contributed by atoms with Crippen molar-refractivity contribution in [2.75, 3.05) is 5.32 Å². The SMILES string of the molecule is CC(C)Oc1ccc2c(n1)CCn1c-2nc2c([C@@H](C)Nc3ccc(Cl)nc3C(=O)O)cc(F)cc2c1=O. The molecule has 0 aliphatic carbocycles. The van der Waals surface area contributed by atoms with Crippen LogP contribution in [0.5, 0.6) is 5.88 Å². The number of ether oxygens (including phenoxy) is 1. The number of halogens is 2. The lowest BCUT2D eigenvalue weighted by Gasteiger charge is -2.23. The molecule has 0 bridgehead atoms. The Hall–Kier alpha value is -4.05. The molecule has 190 valence electrons. The Morgan fingerprint density at radius 2 is 1.95 bits per heavy atom. The fourth-order valence-corrected chi connectivity index (χ4v) is 4.63. The van der Waals surface area contributed by atoms with Crippen LogP contribution in [-0.2, 0) is 13.0 Å². The molecule has 5 rings (SSSR count). The van der Waals surface area contributed by atoms with Gasteiger partial charge in [0.1, 0.15) is 16.8 Å². The number of hydrogen-bond acceptors (Lipinski definition) is 7. The van der Waals surface area contributed by atoms with Gasteiger partial charge in [-0.3, -0.25) is 9.36 Å². The second-order valence-corrected chi connectivity index (χ2v) is 9.43. The maximum absolute atomic E-state index is 14.7. The lowest BCUT2D eigenvalue weighted by Crippen LogP contribution is -2.28. The van der Waals surface area contributed by atoms with Crippen LogP contribution in [0, 0.1) is 5.82 Å². The predicted octanol–water partition coefficient (Wildman–Crippen LogP) is 4.86. The van der Waals surface area contributed by atoms with Crippen LogP contribution < -0.4 is 15.6 Å². The summed E-state index contributed by atoms with van der Waals surface area (Å²) in [6.07, 6.45) is 0.474. The van der Waals surface area contributed by atoms with Gasteiger partial charge in [0, 0.05) is 30.2 Å². The highest BCUT2D eigenvalue weighted by molar-refractivity contribution is 6.29. The van der Waals surface area contributed by atoms with E-state index in [9.17, 15) is 19.1 Å². The van der Waals surface area contributed by atoms with Gasteiger partial charge in [-0.05, 0) is 51.1 Å². The smallest absolute Gasteiger partial charge is 0.356 e. The van der Waals surface area contributed by atoms with E-state index in [-0.39, 0.29) is 33.6 Å². The molecule has 1 aliphatic heterocycles. The highest BCUT2D eigenvalue weighted by Crippen LogP contribution is 2.32. The largest absolute Gasteiger partial charge is 0.476 e. The van der Waals surface area contributed by atoms with Gasteiger partial charge in [-0.25, -0.2) is 24.1 Å². The van der Waals surface area contributed by atoms with Crippen molar-refractivity contribution in [3.8, 4) is 17.3 Å². The van der Waals surface area contributed by atoms with E-state index >= 15 is 0 Å². The Morgan fingerprint density at radius 1 is 1.16 bits per heavy atom. The van der Waals surface area contributed by atoms with E-state index < -0.39 is 17.8 Å². The third-order valence-corrected chi connectivity index (χ3v) is 6.28. The van der Waals surface area contributed by atoms with Crippen LogP contribution in [0.2, 0.25) is 5.15 Å². The van der Waals surface area contributed by atoms with Crippen LogP contribution in [0.25, 0.3) is 22.3 Å². The number of nitrogens with one attached hydrogen (secondary N) is 1. The number of anilines is 1. The molecule has 9 nitrogen and oxygen atoms in total. The van der Waals surface area contributed by atoms with E-state index in [4.69, 9.17) is 21.3 Å². The topological polar surface area (TPSA) is 119 Å². The van der Waals surface area contributed by atoms with Gasteiger partial charge >= 0.3 is 5.97 Å². The standard InChI is InChI=1S/C26H23ClFN5O4/c1-12(2)37-21-7-4-15-18(30-21)8-9-33-24(15)32-22-16(10-14(28)11-17(22)25(33)34)13(3)29-19-5-6-20(27)31-23(19)26(35)36/h4-7,10-13,29H,8-9H2,1-3H3,(H,35,36)/t13-/m1/s1. The van der Waals surface area contributed by atoms with E-state index in [2.05, 4.69) is 15.3 Å². The lowest BCUT2D eigenvalue weighted by atomic mass is 10.0. The van der Waals surface area contributed by atoms with Crippen molar-refractivity contribution in [3.63, 3.8) is 0 Å². The zero-order valence-electron chi connectivity index (χ0n) is 20.2. The second kappa shape index (κ2) is 9.44. The predicted molar refractivity (Wildman–Crippen MR) is 137 cm³/mol. The number of aromatic nitrogens is 4. The number of pyridine rings is 2. The highest BCUT2D eigenvalue weighted by atomic mass is 35.5. The maximum Gasteiger partial charge on any atom is 0.356 e. The van der Waals surface area contributed by atoms with Crippen LogP contribution in [0.3, 0.4) is 0 Å². The van der Waals surface area contributed by atoms with E-state index in [0.29, 0.717) is 41.3 Å². The first-order chi connectivity index (χ1) is 17.6. The Kier molecular flexibility index (Phi) is 6.28. The number of aryl methyl sites for hydroxylation is 1. The minimum Gasteiger partial charge on any atom is -0.476 e. The summed E-state index contributed by atoms with van der Waals surface area (Å²) in [5.74, 6) is -0.938. The number of nitrogens with zero attached hydrogens (tertiary/aromatic N) is 4. The first kappa shape index (κ1) is 24.6. The second-order valence-electron chi connectivity index (χ2n) is 9.05. The summed E-state index contributed by atoms with van der Waals surface area (Å²) < 4.78 is 21.9. The van der Waals surface area contributed by atoms with Crippen molar-refractivity contribution in [2.45, 2.75) is 45.9 Å². The molecule has 0 spiro atoms.